The maximum atomic E-state index is 12.6. The second-order valence-electron chi connectivity index (χ2n) is 12.2. The van der Waals surface area contributed by atoms with Gasteiger partial charge in [-0.25, -0.2) is 0 Å². The van der Waals surface area contributed by atoms with Crippen LogP contribution in [0.3, 0.4) is 0 Å². The molecule has 0 bridgehead atoms. The van der Waals surface area contributed by atoms with Crippen LogP contribution < -0.4 is 0 Å². The predicted molar refractivity (Wildman–Crippen MR) is 257 cm³/mol. The van der Waals surface area contributed by atoms with Gasteiger partial charge in [0.15, 0.2) is 6.10 Å². The summed E-state index contributed by atoms with van der Waals surface area (Å²) in [7, 11) is 0. The molecular weight excluding hydrogens is 769 g/mol. The molecule has 6 unspecified atom stereocenters. The van der Waals surface area contributed by atoms with Gasteiger partial charge in [0.2, 0.25) is 0 Å². The molecule has 0 radical (unpaired) electrons. The first kappa shape index (κ1) is 81.3. The summed E-state index contributed by atoms with van der Waals surface area (Å²) in [6.07, 6.45) is 15.4. The van der Waals surface area contributed by atoms with Crippen molar-refractivity contribution in [3.8, 4) is 0 Å². The number of hydrogen-bond donors (Lipinski definition) is 0. The molecule has 0 amide bonds. The zero-order chi connectivity index (χ0) is 34.4. The Morgan fingerprint density at radius 1 is 0.450 bits per heavy atom. The molecule has 3 saturated heterocycles. The Morgan fingerprint density at radius 3 is 0.967 bits per heavy atom. The van der Waals surface area contributed by atoms with Crippen molar-refractivity contribution in [2.75, 3.05) is 52.9 Å². The van der Waals surface area contributed by atoms with E-state index in [9.17, 15) is 14.4 Å². The van der Waals surface area contributed by atoms with E-state index in [1.165, 1.54) is 0 Å². The van der Waals surface area contributed by atoms with Crippen molar-refractivity contribution in [2.45, 2.75) is 210 Å². The zero-order valence-corrected chi connectivity index (χ0v) is 28.9. The summed E-state index contributed by atoms with van der Waals surface area (Å²) in [5.74, 6) is -1.48. The average molecular weight is 873 g/mol. The van der Waals surface area contributed by atoms with Gasteiger partial charge in [0.1, 0.15) is 31.5 Å². The van der Waals surface area contributed by atoms with Gasteiger partial charge in [-0.3, -0.25) is 14.4 Å². The van der Waals surface area contributed by atoms with E-state index in [-0.39, 0.29) is 158 Å². The largest absolute Gasteiger partial charge is 0.461 e. The molecule has 0 aromatic heterocycles. The molecule has 368 valence electrons. The topological polar surface area (TPSA) is 144 Å². The molecule has 0 saturated carbocycles. The number of esters is 3. The van der Waals surface area contributed by atoms with Gasteiger partial charge in [0.25, 0.3) is 0 Å². The van der Waals surface area contributed by atoms with Crippen LogP contribution in [0.15, 0.2) is 36.5 Å². The summed E-state index contributed by atoms with van der Waals surface area (Å²) >= 11 is 0. The third kappa shape index (κ3) is 42.1. The number of carbonyl (C=O) groups is 3. The molecule has 6 atom stereocenters. The molecule has 3 aliphatic heterocycles. The Kier molecular flexibility index (Phi) is 66.4. The molecule has 0 N–H and O–H groups in total. The van der Waals surface area contributed by atoms with Gasteiger partial charge in [-0.1, -0.05) is 146 Å². The Morgan fingerprint density at radius 2 is 0.717 bits per heavy atom. The summed E-state index contributed by atoms with van der Waals surface area (Å²) in [5.41, 5.74) is 0. The minimum atomic E-state index is -0.943. The molecule has 3 aliphatic rings. The van der Waals surface area contributed by atoms with Gasteiger partial charge < -0.3 is 42.6 Å². The number of epoxide rings is 3. The molecule has 3 rings (SSSR count). The van der Waals surface area contributed by atoms with E-state index in [4.69, 9.17) is 42.6 Å². The van der Waals surface area contributed by atoms with E-state index in [1.54, 1.807) is 18.2 Å². The molecule has 3 heterocycles. The van der Waals surface area contributed by atoms with Crippen LogP contribution in [-0.2, 0) is 57.0 Å². The van der Waals surface area contributed by atoms with Gasteiger partial charge in [0, 0.05) is 0 Å². The number of hydrogen-bond acceptors (Lipinski definition) is 12. The first-order chi connectivity index (χ1) is 23.4. The maximum absolute atomic E-state index is 12.6. The van der Waals surface area contributed by atoms with Crippen LogP contribution in [0.4, 0.5) is 0 Å². The van der Waals surface area contributed by atoms with Crippen molar-refractivity contribution in [3.05, 3.63) is 36.5 Å². The first-order valence-electron chi connectivity index (χ1n) is 17.5. The molecule has 0 aliphatic carbocycles. The van der Waals surface area contributed by atoms with Crippen LogP contribution in [0, 0.1) is 0 Å². The molecule has 0 aromatic rings. The van der Waals surface area contributed by atoms with Crippen LogP contribution in [0.25, 0.3) is 0 Å². The molecule has 0 aromatic carbocycles. The van der Waals surface area contributed by atoms with Gasteiger partial charge >= 0.3 is 17.9 Å². The molecule has 60 heavy (non-hydrogen) atoms. The Hall–Kier alpha value is -2.61. The fourth-order valence-corrected chi connectivity index (χ4v) is 4.40. The standard InChI is InChI=1S/C36H56O12.12CH4/c1-4-27(40-19-30-22-43-30)13-7-10-16-34(37)46-25-33(48-36(39)18-12-9-15-29(6-3)42-21-32-24-45-32)26-47-35(38)17-11-8-14-28(5-2)41-20-31-23-44-31;;;;;;;;;;;;/h7-12,27-33H,4-6,13-26H2,1-3H3;12*1H4. The molecule has 12 heteroatoms. The fourth-order valence-electron chi connectivity index (χ4n) is 4.40. The smallest absolute Gasteiger partial charge is 0.310 e. The van der Waals surface area contributed by atoms with E-state index >= 15 is 0 Å². The third-order valence-electron chi connectivity index (χ3n) is 7.84. The zero-order valence-electron chi connectivity index (χ0n) is 28.9. The summed E-state index contributed by atoms with van der Waals surface area (Å²) in [4.78, 5) is 37.5. The highest BCUT2D eigenvalue weighted by Gasteiger charge is 2.25. The van der Waals surface area contributed by atoms with Gasteiger partial charge in [-0.15, -0.1) is 0 Å². The van der Waals surface area contributed by atoms with E-state index < -0.39 is 24.0 Å². The lowest BCUT2D eigenvalue weighted by molar-refractivity contribution is -0.165. The minimum absolute atomic E-state index is 0. The van der Waals surface area contributed by atoms with Crippen LogP contribution in [-0.4, -0.2) is 113 Å². The van der Waals surface area contributed by atoms with Crippen molar-refractivity contribution >= 4 is 17.9 Å². The van der Waals surface area contributed by atoms with E-state index in [2.05, 4.69) is 0 Å². The van der Waals surface area contributed by atoms with Crippen LogP contribution in [0.1, 0.15) is 168 Å². The third-order valence-corrected chi connectivity index (χ3v) is 7.84. The highest BCUT2D eigenvalue weighted by atomic mass is 16.6. The molecular formula is C48H104O12. The van der Waals surface area contributed by atoms with Crippen LogP contribution in [0.5, 0.6) is 0 Å². The normalized spacial score (nSPS) is 17.9. The molecule has 0 spiro atoms. The van der Waals surface area contributed by atoms with Crippen molar-refractivity contribution in [1.82, 2.24) is 0 Å². The highest BCUT2D eigenvalue weighted by molar-refractivity contribution is 5.73. The average Bonchev–Trinajstić information content (AvgIpc) is 3.92. The monoisotopic (exact) mass is 873 g/mol. The Bertz CT molecular complexity index is 965. The lowest BCUT2D eigenvalue weighted by atomic mass is 10.2. The first-order valence-corrected chi connectivity index (χ1v) is 17.5. The van der Waals surface area contributed by atoms with Crippen molar-refractivity contribution in [2.24, 2.45) is 0 Å². The van der Waals surface area contributed by atoms with Crippen molar-refractivity contribution in [3.63, 3.8) is 0 Å². The van der Waals surface area contributed by atoms with E-state index in [0.29, 0.717) is 39.1 Å². The van der Waals surface area contributed by atoms with Gasteiger partial charge in [-0.2, -0.15) is 0 Å². The van der Waals surface area contributed by atoms with Crippen LogP contribution >= 0.6 is 0 Å². The summed E-state index contributed by atoms with van der Waals surface area (Å²) < 4.78 is 49.3. The molecule has 3 fully saturated rings. The fraction of sp³-hybridized carbons (Fsp3) is 0.812. The minimum Gasteiger partial charge on any atom is -0.461 e. The van der Waals surface area contributed by atoms with Gasteiger partial charge in [0.05, 0.1) is 77.2 Å². The molecule has 12 nitrogen and oxygen atoms in total. The Labute approximate surface area is 373 Å². The second kappa shape index (κ2) is 49.0. The summed E-state index contributed by atoms with van der Waals surface area (Å²) in [6.45, 7) is 9.66. The summed E-state index contributed by atoms with van der Waals surface area (Å²) in [5, 5.41) is 0. The van der Waals surface area contributed by atoms with Crippen molar-refractivity contribution in [1.29, 1.82) is 0 Å². The van der Waals surface area contributed by atoms with Crippen molar-refractivity contribution < 1.29 is 57.0 Å². The van der Waals surface area contributed by atoms with Gasteiger partial charge in [-0.05, 0) is 38.5 Å². The maximum Gasteiger partial charge on any atom is 0.310 e. The van der Waals surface area contributed by atoms with E-state index in [1.807, 2.05) is 39.0 Å². The van der Waals surface area contributed by atoms with E-state index in [0.717, 1.165) is 39.1 Å². The quantitative estimate of drug-likeness (QED) is 0.0305. The summed E-state index contributed by atoms with van der Waals surface area (Å²) in [6, 6.07) is 0. The van der Waals surface area contributed by atoms with Crippen LogP contribution in [0.2, 0.25) is 0 Å². The number of rotatable bonds is 29. The number of carbonyl (C=O) groups excluding carboxylic acids is 3. The SMILES string of the molecule is C.C.C.C.C.C.C.C.C.C.C.C.CCC(CC=CCC(=O)OCC(COC(=O)CC=CCC(CC)OCC1CO1)OC(=O)CC=CCC(CC)OCC1CO1)OCC1CO1. The second-order valence-corrected chi connectivity index (χ2v) is 12.2. The predicted octanol–water partition coefficient (Wildman–Crippen LogP) is 12.2. The highest BCUT2D eigenvalue weighted by Crippen LogP contribution is 2.15. The lowest BCUT2D eigenvalue weighted by Gasteiger charge is -2.18. The Balaban J connectivity index is -0.000000260. The lowest BCUT2D eigenvalue weighted by Crippen LogP contribution is -2.30. The number of ether oxygens (including phenoxy) is 9.